The van der Waals surface area contributed by atoms with Gasteiger partial charge in [-0.25, -0.2) is 12.1 Å². The maximum Gasteiger partial charge on any atom is 4.00 e. The van der Waals surface area contributed by atoms with Crippen LogP contribution in [0.1, 0.15) is 12.5 Å². The number of aryl methyl sites for hydroxylation is 1. The second kappa shape index (κ2) is 13.7. The molecule has 0 fully saturated rings. The monoisotopic (exact) mass is 288 g/mol. The van der Waals surface area contributed by atoms with Gasteiger partial charge < -0.3 is 37.2 Å². The first-order valence-corrected chi connectivity index (χ1v) is 2.64. The molecule has 0 spiro atoms. The van der Waals surface area contributed by atoms with Gasteiger partial charge in [-0.1, -0.05) is 13.3 Å². The minimum atomic E-state index is 0. The van der Waals surface area contributed by atoms with E-state index >= 15 is 0 Å². The van der Waals surface area contributed by atoms with Crippen molar-refractivity contribution in [1.29, 1.82) is 0 Å². The van der Waals surface area contributed by atoms with Crippen LogP contribution in [-0.4, -0.2) is 0 Å². The van der Waals surface area contributed by atoms with E-state index in [9.17, 15) is 0 Å². The summed E-state index contributed by atoms with van der Waals surface area (Å²) in [5.74, 6) is 0. The molecule has 0 unspecified atom stereocenters. The Kier molecular flexibility index (Phi) is 28.3. The Morgan fingerprint density at radius 1 is 1.00 bits per heavy atom. The van der Waals surface area contributed by atoms with Gasteiger partial charge in [0.1, 0.15) is 0 Å². The molecule has 0 N–H and O–H groups in total. The van der Waals surface area contributed by atoms with E-state index in [-0.39, 0.29) is 63.4 Å². The molecular weight excluding hydrogens is 282 g/mol. The molecule has 0 bridgehead atoms. The molecule has 0 aliphatic rings. The average Bonchev–Trinajstić information content (AvgIpc) is 2.14. The van der Waals surface area contributed by atoms with E-state index in [1.807, 2.05) is 0 Å². The van der Waals surface area contributed by atoms with Crippen LogP contribution in [0.5, 0.6) is 0 Å². The molecule has 0 aliphatic heterocycles. The molecule has 0 atom stereocenters. The summed E-state index contributed by atoms with van der Waals surface area (Å²) in [7, 11) is 0. The Labute approximate surface area is 106 Å². The summed E-state index contributed by atoms with van der Waals surface area (Å²) >= 11 is 0. The van der Waals surface area contributed by atoms with Crippen molar-refractivity contribution in [3.8, 4) is 0 Å². The van der Waals surface area contributed by atoms with Gasteiger partial charge in [0.25, 0.3) is 0 Å². The van der Waals surface area contributed by atoms with Gasteiger partial charge in [-0.3, -0.25) is 0 Å². The second-order valence-electron chi connectivity index (χ2n) is 1.65. The van der Waals surface area contributed by atoms with E-state index in [0.717, 1.165) is 6.42 Å². The molecule has 4 heteroatoms. The third-order valence-corrected chi connectivity index (χ3v) is 1.14. The van der Waals surface area contributed by atoms with E-state index in [1.54, 1.807) is 0 Å². The van der Waals surface area contributed by atoms with Crippen LogP contribution in [0.15, 0.2) is 24.3 Å². The molecule has 0 amide bonds. The summed E-state index contributed by atoms with van der Waals surface area (Å²) in [4.78, 5) is 0. The van der Waals surface area contributed by atoms with Crippen molar-refractivity contribution in [3.63, 3.8) is 0 Å². The Hall–Kier alpha value is 1.10. The number of hydrogen-bond donors (Lipinski definition) is 0. The molecule has 0 aliphatic carbocycles. The molecule has 11 heavy (non-hydrogen) atoms. The van der Waals surface area contributed by atoms with Crippen molar-refractivity contribution in [2.24, 2.45) is 0 Å². The first-order chi connectivity index (χ1) is 3.43. The number of rotatable bonds is 1. The van der Waals surface area contributed by atoms with Crippen LogP contribution in [0.2, 0.25) is 0 Å². The van der Waals surface area contributed by atoms with E-state index in [4.69, 9.17) is 0 Å². The Morgan fingerprint density at radius 3 is 1.55 bits per heavy atom. The summed E-state index contributed by atoms with van der Waals surface area (Å²) in [6, 6.07) is 8.41. The smallest absolute Gasteiger partial charge is 1.00 e. The summed E-state index contributed by atoms with van der Waals surface area (Å²) in [5.41, 5.74) is 1.43. The van der Waals surface area contributed by atoms with Gasteiger partial charge in [0, 0.05) is 0 Å². The van der Waals surface area contributed by atoms with Gasteiger partial charge in [0.05, 0.1) is 0 Å². The van der Waals surface area contributed by atoms with Crippen LogP contribution in [0.3, 0.4) is 0 Å². The Bertz CT molecular complexity index is 128. The summed E-state index contributed by atoms with van der Waals surface area (Å²) < 4.78 is 0. The Morgan fingerprint density at radius 2 is 1.36 bits per heavy atom. The largest absolute Gasteiger partial charge is 4.00 e. The molecule has 0 saturated heterocycles. The van der Waals surface area contributed by atoms with Crippen molar-refractivity contribution in [2.75, 3.05) is 0 Å². The average molecular weight is 291 g/mol. The third kappa shape index (κ3) is 9.01. The summed E-state index contributed by atoms with van der Waals surface area (Å²) in [6.07, 6.45) is 1.16. The van der Waals surface area contributed by atoms with Crippen molar-refractivity contribution >= 4 is 0 Å². The molecule has 62 valence electrons. The second-order valence-corrected chi connectivity index (χ2v) is 1.65. The van der Waals surface area contributed by atoms with Crippen LogP contribution in [0.25, 0.3) is 0 Å². The van der Waals surface area contributed by atoms with Gasteiger partial charge in [0.15, 0.2) is 0 Å². The molecule has 0 saturated carbocycles. The third-order valence-electron chi connectivity index (χ3n) is 1.14. The quantitative estimate of drug-likeness (QED) is 0.451. The van der Waals surface area contributed by atoms with Crippen molar-refractivity contribution < 1.29 is 63.4 Å². The molecule has 1 aromatic carbocycles. The maximum atomic E-state index is 2.16. The molecular formula is C7H9Cl3Zr. The minimum Gasteiger partial charge on any atom is -1.00 e. The van der Waals surface area contributed by atoms with Crippen LogP contribution >= 0.6 is 0 Å². The first-order valence-electron chi connectivity index (χ1n) is 2.64. The molecule has 0 heterocycles. The van der Waals surface area contributed by atoms with Crippen molar-refractivity contribution in [3.05, 3.63) is 29.8 Å². The first kappa shape index (κ1) is 22.7. The van der Waals surface area contributed by atoms with Crippen molar-refractivity contribution in [2.45, 2.75) is 13.3 Å². The maximum absolute atomic E-state index is 2.16. The molecule has 0 aromatic heterocycles. The molecule has 1 rings (SSSR count). The minimum absolute atomic E-state index is 0. The number of halogens is 3. The molecule has 0 nitrogen and oxygen atoms in total. The molecule has 0 radical (unpaired) electrons. The Balaban J connectivity index is -0.0000000612. The fraction of sp³-hybridized carbons (Fsp3) is 0.286. The fourth-order valence-corrected chi connectivity index (χ4v) is 0.650. The summed E-state index contributed by atoms with van der Waals surface area (Å²) in [6.45, 7) is 2.16. The van der Waals surface area contributed by atoms with Crippen LogP contribution in [-0.2, 0) is 32.6 Å². The van der Waals surface area contributed by atoms with E-state index in [0.29, 0.717) is 0 Å². The van der Waals surface area contributed by atoms with Crippen LogP contribution < -0.4 is 37.2 Å². The van der Waals surface area contributed by atoms with E-state index in [1.165, 1.54) is 5.56 Å². The van der Waals surface area contributed by atoms with Crippen LogP contribution in [0.4, 0.5) is 0 Å². The predicted octanol–water partition coefficient (Wildman–Crippen LogP) is -7.02. The zero-order chi connectivity index (χ0) is 5.11. The topological polar surface area (TPSA) is 0 Å². The zero-order valence-corrected chi connectivity index (χ0v) is 10.9. The van der Waals surface area contributed by atoms with Gasteiger partial charge in [-0.2, -0.15) is 17.7 Å². The zero-order valence-electron chi connectivity index (χ0n) is 6.15. The van der Waals surface area contributed by atoms with E-state index < -0.39 is 0 Å². The van der Waals surface area contributed by atoms with Gasteiger partial charge >= 0.3 is 26.2 Å². The SMILES string of the molecule is CC[c-]1cccc1.[Cl-].[Cl-].[Cl-].[Zr+4]. The number of hydrogen-bond acceptors (Lipinski definition) is 0. The summed E-state index contributed by atoms with van der Waals surface area (Å²) in [5, 5.41) is 0. The van der Waals surface area contributed by atoms with Gasteiger partial charge in [-0.15, -0.1) is 0 Å². The van der Waals surface area contributed by atoms with Crippen LogP contribution in [0, 0.1) is 0 Å². The molecule has 1 aromatic rings. The van der Waals surface area contributed by atoms with E-state index in [2.05, 4.69) is 31.2 Å². The standard InChI is InChI=1S/C7H9.3ClH.Zr/c1-2-7-5-3-4-6-7;;;;/h3-6H,2H2,1H3;3*1H;/q-1;;;;+4/p-3. The van der Waals surface area contributed by atoms with Gasteiger partial charge in [0.2, 0.25) is 0 Å². The normalized spacial score (nSPS) is 5.91. The predicted molar refractivity (Wildman–Crippen MR) is 31.4 cm³/mol. The van der Waals surface area contributed by atoms with Gasteiger partial charge in [-0.05, 0) is 0 Å². The fourth-order valence-electron chi connectivity index (χ4n) is 0.650. The van der Waals surface area contributed by atoms with Crippen molar-refractivity contribution in [1.82, 2.24) is 0 Å².